The van der Waals surface area contributed by atoms with E-state index in [9.17, 15) is 8.42 Å². The van der Waals surface area contributed by atoms with Crippen molar-refractivity contribution in [3.05, 3.63) is 59.1 Å². The van der Waals surface area contributed by atoms with Crippen LogP contribution in [0.4, 0.5) is 5.69 Å². The first-order chi connectivity index (χ1) is 11.5. The summed E-state index contributed by atoms with van der Waals surface area (Å²) in [6, 6.07) is 17.3. The highest BCUT2D eigenvalue weighted by Crippen LogP contribution is 2.16. The molecule has 0 radical (unpaired) electrons. The van der Waals surface area contributed by atoms with E-state index in [2.05, 4.69) is 45.1 Å². The van der Waals surface area contributed by atoms with Gasteiger partial charge in [0.15, 0.2) is 9.84 Å². The first-order valence-corrected chi connectivity index (χ1v) is 10.6. The predicted octanol–water partition coefficient (Wildman–Crippen LogP) is 1.63. The fourth-order valence-corrected chi connectivity index (χ4v) is 4.62. The van der Waals surface area contributed by atoms with Crippen LogP contribution in [-0.2, 0) is 9.84 Å². The van der Waals surface area contributed by atoms with Gasteiger partial charge in [-0.25, -0.2) is 8.42 Å². The maximum Gasteiger partial charge on any atom is 0.183 e. The lowest BCUT2D eigenvalue weighted by molar-refractivity contribution is -0.898. The lowest BCUT2D eigenvalue weighted by atomic mass is 10.2. The van der Waals surface area contributed by atoms with Gasteiger partial charge in [-0.3, -0.25) is 0 Å². The van der Waals surface area contributed by atoms with Crippen molar-refractivity contribution in [2.45, 2.75) is 4.90 Å². The average Bonchev–Trinajstić information content (AvgIpc) is 2.62. The van der Waals surface area contributed by atoms with Gasteiger partial charge in [-0.05, 0) is 36.4 Å². The van der Waals surface area contributed by atoms with Crippen LogP contribution in [0.2, 0.25) is 0 Å². The molecule has 0 aromatic heterocycles. The van der Waals surface area contributed by atoms with Crippen molar-refractivity contribution in [2.24, 2.45) is 0 Å². The summed E-state index contributed by atoms with van der Waals surface area (Å²) in [6.07, 6.45) is 0. The van der Waals surface area contributed by atoms with Gasteiger partial charge in [0.2, 0.25) is 0 Å². The van der Waals surface area contributed by atoms with Crippen LogP contribution < -0.4 is 9.80 Å². The maximum absolute atomic E-state index is 12.4. The van der Waals surface area contributed by atoms with E-state index in [4.69, 9.17) is 0 Å². The molecular formula is C18H22BrN2O2S+. The number of anilines is 1. The molecule has 0 amide bonds. The van der Waals surface area contributed by atoms with Gasteiger partial charge in [0.05, 0.1) is 37.6 Å². The molecule has 3 rings (SSSR count). The minimum atomic E-state index is -3.20. The highest BCUT2D eigenvalue weighted by molar-refractivity contribution is 9.10. The zero-order chi connectivity index (χ0) is 17.0. The Kier molecular flexibility index (Phi) is 5.58. The van der Waals surface area contributed by atoms with Crippen LogP contribution in [0.25, 0.3) is 0 Å². The molecule has 128 valence electrons. The zero-order valence-corrected chi connectivity index (χ0v) is 15.9. The van der Waals surface area contributed by atoms with Gasteiger partial charge < -0.3 is 9.80 Å². The van der Waals surface area contributed by atoms with Crippen LogP contribution in [0.3, 0.4) is 0 Å². The Bertz CT molecular complexity index is 755. The average molecular weight is 410 g/mol. The number of quaternary nitrogens is 1. The molecule has 24 heavy (non-hydrogen) atoms. The minimum absolute atomic E-state index is 0.204. The summed E-state index contributed by atoms with van der Waals surface area (Å²) in [5.41, 5.74) is 1.25. The van der Waals surface area contributed by atoms with E-state index in [0.717, 1.165) is 30.7 Å². The molecule has 0 atom stereocenters. The molecule has 0 bridgehead atoms. The molecule has 2 aromatic rings. The second-order valence-electron chi connectivity index (χ2n) is 6.10. The number of hydrogen-bond donors (Lipinski definition) is 1. The van der Waals surface area contributed by atoms with Gasteiger partial charge in [-0.1, -0.05) is 34.1 Å². The smallest absolute Gasteiger partial charge is 0.183 e. The van der Waals surface area contributed by atoms with Crippen LogP contribution in [0.15, 0.2) is 64.0 Å². The van der Waals surface area contributed by atoms with E-state index in [1.165, 1.54) is 10.6 Å². The van der Waals surface area contributed by atoms with E-state index in [1.807, 2.05) is 6.07 Å². The Morgan fingerprint density at radius 1 is 0.958 bits per heavy atom. The van der Waals surface area contributed by atoms with E-state index in [-0.39, 0.29) is 5.75 Å². The van der Waals surface area contributed by atoms with Crippen molar-refractivity contribution < 1.29 is 13.3 Å². The van der Waals surface area contributed by atoms with Crippen LogP contribution in [0, 0.1) is 0 Å². The third kappa shape index (κ3) is 4.37. The number of nitrogens with zero attached hydrogens (tertiary/aromatic N) is 1. The number of nitrogens with one attached hydrogen (secondary N) is 1. The van der Waals surface area contributed by atoms with Crippen LogP contribution in [0.5, 0.6) is 0 Å². The Labute approximate surface area is 152 Å². The van der Waals surface area contributed by atoms with Crippen LogP contribution >= 0.6 is 15.9 Å². The van der Waals surface area contributed by atoms with Crippen LogP contribution in [0.1, 0.15) is 0 Å². The molecule has 4 nitrogen and oxygen atoms in total. The van der Waals surface area contributed by atoms with Gasteiger partial charge in [0, 0.05) is 10.2 Å². The third-order valence-corrected chi connectivity index (χ3v) is 6.75. The van der Waals surface area contributed by atoms with Crippen molar-refractivity contribution in [1.29, 1.82) is 0 Å². The SMILES string of the molecule is O=S(=O)(CC[NH+]1CCN(c2ccccc2)CC1)c1ccc(Br)cc1. The molecule has 0 unspecified atom stereocenters. The second kappa shape index (κ2) is 7.68. The quantitative estimate of drug-likeness (QED) is 0.815. The van der Waals surface area contributed by atoms with Crippen molar-refractivity contribution in [3.63, 3.8) is 0 Å². The molecule has 2 aromatic carbocycles. The minimum Gasteiger partial charge on any atom is -0.360 e. The van der Waals surface area contributed by atoms with Crippen molar-refractivity contribution >= 4 is 31.5 Å². The molecule has 1 fully saturated rings. The number of sulfone groups is 1. The van der Waals surface area contributed by atoms with Gasteiger partial charge in [-0.15, -0.1) is 0 Å². The zero-order valence-electron chi connectivity index (χ0n) is 13.5. The lowest BCUT2D eigenvalue weighted by Gasteiger charge is -2.33. The normalized spacial score (nSPS) is 16.3. The van der Waals surface area contributed by atoms with Crippen molar-refractivity contribution in [2.75, 3.05) is 43.4 Å². The topological polar surface area (TPSA) is 41.8 Å². The van der Waals surface area contributed by atoms with Crippen molar-refractivity contribution in [3.8, 4) is 0 Å². The van der Waals surface area contributed by atoms with E-state index in [1.54, 1.807) is 24.3 Å². The Morgan fingerprint density at radius 3 is 2.21 bits per heavy atom. The van der Waals surface area contributed by atoms with Crippen molar-refractivity contribution in [1.82, 2.24) is 0 Å². The summed E-state index contributed by atoms with van der Waals surface area (Å²) in [5.74, 6) is 0.204. The molecule has 1 saturated heterocycles. The standard InChI is InChI=1S/C18H21BrN2O2S/c19-16-6-8-18(9-7-16)24(22,23)15-14-20-10-12-21(13-11-20)17-4-2-1-3-5-17/h1-9H,10-15H2/p+1. The number of piperazine rings is 1. The van der Waals surface area contributed by atoms with Gasteiger partial charge in [-0.2, -0.15) is 0 Å². The van der Waals surface area contributed by atoms with Gasteiger partial charge >= 0.3 is 0 Å². The summed E-state index contributed by atoms with van der Waals surface area (Å²) < 4.78 is 25.8. The molecule has 1 heterocycles. The van der Waals surface area contributed by atoms with E-state index >= 15 is 0 Å². The van der Waals surface area contributed by atoms with Gasteiger partial charge in [0.1, 0.15) is 5.75 Å². The maximum atomic E-state index is 12.4. The fourth-order valence-electron chi connectivity index (χ4n) is 3.01. The molecule has 0 saturated carbocycles. The Morgan fingerprint density at radius 2 is 1.58 bits per heavy atom. The molecule has 0 spiro atoms. The molecule has 1 aliphatic rings. The molecule has 1 N–H and O–H groups in total. The highest BCUT2D eigenvalue weighted by atomic mass is 79.9. The molecule has 6 heteroatoms. The lowest BCUT2D eigenvalue weighted by Crippen LogP contribution is -3.15. The van der Waals surface area contributed by atoms with Gasteiger partial charge in [0.25, 0.3) is 0 Å². The summed E-state index contributed by atoms with van der Waals surface area (Å²) in [5, 5.41) is 0. The third-order valence-electron chi connectivity index (χ3n) is 4.49. The number of para-hydroxylation sites is 1. The summed E-state index contributed by atoms with van der Waals surface area (Å²) in [6.45, 7) is 4.56. The summed E-state index contributed by atoms with van der Waals surface area (Å²) in [7, 11) is -3.20. The summed E-state index contributed by atoms with van der Waals surface area (Å²) >= 11 is 3.33. The highest BCUT2D eigenvalue weighted by Gasteiger charge is 2.23. The molecule has 1 aliphatic heterocycles. The largest absolute Gasteiger partial charge is 0.360 e. The predicted molar refractivity (Wildman–Crippen MR) is 100 cm³/mol. The molecule has 0 aliphatic carbocycles. The second-order valence-corrected chi connectivity index (χ2v) is 9.12. The van der Waals surface area contributed by atoms with E-state index in [0.29, 0.717) is 11.4 Å². The first-order valence-electron chi connectivity index (χ1n) is 8.16. The van der Waals surface area contributed by atoms with E-state index < -0.39 is 9.84 Å². The first kappa shape index (κ1) is 17.5. The Hall–Kier alpha value is -1.37. The fraction of sp³-hybridized carbons (Fsp3) is 0.333. The summed E-state index contributed by atoms with van der Waals surface area (Å²) in [4.78, 5) is 4.14. The number of benzene rings is 2. The Balaban J connectivity index is 1.52. The number of hydrogen-bond acceptors (Lipinski definition) is 3. The van der Waals surface area contributed by atoms with Crippen LogP contribution in [-0.4, -0.2) is 46.9 Å². The number of rotatable bonds is 5. The monoisotopic (exact) mass is 409 g/mol. The molecular weight excluding hydrogens is 388 g/mol. The number of halogens is 1.